The molecular formula is C15H16Cl2N2O. The highest BCUT2D eigenvalue weighted by molar-refractivity contribution is 6.39. The Kier molecular flexibility index (Phi) is 4.99. The third-order valence-electron chi connectivity index (χ3n) is 2.75. The van der Waals surface area contributed by atoms with Crippen molar-refractivity contribution in [2.45, 2.75) is 13.3 Å². The van der Waals surface area contributed by atoms with Crippen molar-refractivity contribution >= 4 is 40.3 Å². The summed E-state index contributed by atoms with van der Waals surface area (Å²) in [6, 6.07) is 10.9. The number of benzene rings is 2. The molecule has 106 valence electrons. The predicted octanol–water partition coefficient (Wildman–Crippen LogP) is 5.11. The van der Waals surface area contributed by atoms with Gasteiger partial charge in [0.2, 0.25) is 0 Å². The fraction of sp³-hybridized carbons (Fsp3) is 0.200. The van der Waals surface area contributed by atoms with Gasteiger partial charge in [-0.25, -0.2) is 0 Å². The smallest absolute Gasteiger partial charge is 0.144 e. The zero-order valence-electron chi connectivity index (χ0n) is 11.1. The molecule has 0 saturated carbocycles. The van der Waals surface area contributed by atoms with Crippen LogP contribution in [0.15, 0.2) is 36.4 Å². The van der Waals surface area contributed by atoms with Gasteiger partial charge in [0.1, 0.15) is 5.75 Å². The first-order chi connectivity index (χ1) is 9.63. The number of hydrogen-bond donors (Lipinski definition) is 2. The van der Waals surface area contributed by atoms with E-state index in [1.54, 1.807) is 18.2 Å². The number of hydrogen-bond acceptors (Lipinski definition) is 3. The second-order valence-corrected chi connectivity index (χ2v) is 5.10. The molecule has 2 aromatic rings. The van der Waals surface area contributed by atoms with Crippen molar-refractivity contribution in [3.8, 4) is 5.75 Å². The van der Waals surface area contributed by atoms with Crippen molar-refractivity contribution in [1.82, 2.24) is 0 Å². The van der Waals surface area contributed by atoms with Crippen molar-refractivity contribution in [3.63, 3.8) is 0 Å². The summed E-state index contributed by atoms with van der Waals surface area (Å²) in [5.74, 6) is 0.653. The summed E-state index contributed by atoms with van der Waals surface area (Å²) in [4.78, 5) is 0. The molecule has 3 N–H and O–H groups in total. The molecule has 5 heteroatoms. The Balaban J connectivity index is 2.30. The lowest BCUT2D eigenvalue weighted by Gasteiger charge is -2.15. The maximum absolute atomic E-state index is 6.14. The standard InChI is InChI=1S/C15H16Cl2N2O/c1-2-9-20-13-8-4-7-12(14(13)18)19-15-10(16)5-3-6-11(15)17/h3-8,19H,2,9,18H2,1H3. The van der Waals surface area contributed by atoms with Crippen LogP contribution in [0.5, 0.6) is 5.75 Å². The zero-order valence-corrected chi connectivity index (χ0v) is 12.6. The molecule has 20 heavy (non-hydrogen) atoms. The second-order valence-electron chi connectivity index (χ2n) is 4.29. The minimum Gasteiger partial charge on any atom is -0.491 e. The van der Waals surface area contributed by atoms with Gasteiger partial charge in [-0.1, -0.05) is 42.3 Å². The van der Waals surface area contributed by atoms with E-state index in [1.165, 1.54) is 0 Å². The molecule has 0 atom stereocenters. The van der Waals surface area contributed by atoms with Crippen molar-refractivity contribution in [1.29, 1.82) is 0 Å². The lowest BCUT2D eigenvalue weighted by molar-refractivity contribution is 0.319. The summed E-state index contributed by atoms with van der Waals surface area (Å²) < 4.78 is 5.59. The Bertz CT molecular complexity index is 582. The molecule has 0 radical (unpaired) electrons. The van der Waals surface area contributed by atoms with Crippen LogP contribution < -0.4 is 15.8 Å². The van der Waals surface area contributed by atoms with Crippen LogP contribution in [0, 0.1) is 0 Å². The first kappa shape index (κ1) is 14.8. The summed E-state index contributed by atoms with van der Waals surface area (Å²) >= 11 is 12.3. The first-order valence-corrected chi connectivity index (χ1v) is 7.11. The van der Waals surface area contributed by atoms with Crippen molar-refractivity contribution in [2.24, 2.45) is 0 Å². The number of nitrogens with two attached hydrogens (primary N) is 1. The van der Waals surface area contributed by atoms with Gasteiger partial charge in [-0.05, 0) is 30.7 Å². The Morgan fingerprint density at radius 2 is 1.75 bits per heavy atom. The van der Waals surface area contributed by atoms with Crippen LogP contribution in [0.2, 0.25) is 10.0 Å². The topological polar surface area (TPSA) is 47.3 Å². The summed E-state index contributed by atoms with van der Waals surface area (Å²) in [7, 11) is 0. The molecule has 0 saturated heterocycles. The molecule has 0 aliphatic heterocycles. The summed E-state index contributed by atoms with van der Waals surface area (Å²) in [5.41, 5.74) is 7.99. The molecule has 0 bridgehead atoms. The lowest BCUT2D eigenvalue weighted by Crippen LogP contribution is -2.02. The number of halogens is 2. The normalized spacial score (nSPS) is 10.3. The highest BCUT2D eigenvalue weighted by atomic mass is 35.5. The van der Waals surface area contributed by atoms with E-state index in [9.17, 15) is 0 Å². The number of nitrogens with one attached hydrogen (secondary N) is 1. The van der Waals surface area contributed by atoms with Crippen LogP contribution in [0.25, 0.3) is 0 Å². The van der Waals surface area contributed by atoms with E-state index >= 15 is 0 Å². The third kappa shape index (κ3) is 3.30. The fourth-order valence-corrected chi connectivity index (χ4v) is 2.23. The molecule has 0 amide bonds. The molecule has 2 rings (SSSR count). The van der Waals surface area contributed by atoms with Crippen LogP contribution in [-0.4, -0.2) is 6.61 Å². The van der Waals surface area contributed by atoms with Crippen LogP contribution in [0.1, 0.15) is 13.3 Å². The van der Waals surface area contributed by atoms with E-state index in [0.717, 1.165) is 6.42 Å². The molecule has 0 aliphatic rings. The Morgan fingerprint density at radius 1 is 1.10 bits per heavy atom. The summed E-state index contributed by atoms with van der Waals surface area (Å²) in [6.45, 7) is 2.67. The average Bonchev–Trinajstić information content (AvgIpc) is 2.43. The average molecular weight is 311 g/mol. The highest BCUT2D eigenvalue weighted by Gasteiger charge is 2.10. The minimum absolute atomic E-state index is 0.539. The Hall–Kier alpha value is -1.58. The minimum atomic E-state index is 0.539. The number of ether oxygens (including phenoxy) is 1. The quantitative estimate of drug-likeness (QED) is 0.754. The number of rotatable bonds is 5. The molecular weight excluding hydrogens is 295 g/mol. The predicted molar refractivity (Wildman–Crippen MR) is 86.4 cm³/mol. The molecule has 2 aromatic carbocycles. The molecule has 0 spiro atoms. The van der Waals surface area contributed by atoms with E-state index in [0.29, 0.717) is 39.5 Å². The third-order valence-corrected chi connectivity index (χ3v) is 3.38. The van der Waals surface area contributed by atoms with Crippen molar-refractivity contribution in [2.75, 3.05) is 17.7 Å². The maximum atomic E-state index is 6.14. The first-order valence-electron chi connectivity index (χ1n) is 6.35. The van der Waals surface area contributed by atoms with Crippen molar-refractivity contribution < 1.29 is 4.74 Å². The highest BCUT2D eigenvalue weighted by Crippen LogP contribution is 2.37. The largest absolute Gasteiger partial charge is 0.491 e. The van der Waals surface area contributed by atoms with E-state index in [4.69, 9.17) is 33.7 Å². The van der Waals surface area contributed by atoms with Crippen molar-refractivity contribution in [3.05, 3.63) is 46.4 Å². The van der Waals surface area contributed by atoms with E-state index in [2.05, 4.69) is 5.32 Å². The number of nitrogen functional groups attached to an aromatic ring is 1. The molecule has 0 heterocycles. The molecule has 0 unspecified atom stereocenters. The van der Waals surface area contributed by atoms with E-state index < -0.39 is 0 Å². The van der Waals surface area contributed by atoms with Gasteiger partial charge in [-0.15, -0.1) is 0 Å². The SMILES string of the molecule is CCCOc1cccc(Nc2c(Cl)cccc2Cl)c1N. The van der Waals surface area contributed by atoms with Crippen LogP contribution in [0.4, 0.5) is 17.1 Å². The summed E-state index contributed by atoms with van der Waals surface area (Å²) in [6.07, 6.45) is 0.924. The van der Waals surface area contributed by atoms with Gasteiger partial charge in [-0.3, -0.25) is 0 Å². The monoisotopic (exact) mass is 310 g/mol. The van der Waals surface area contributed by atoms with Gasteiger partial charge in [0.25, 0.3) is 0 Å². The van der Waals surface area contributed by atoms with Gasteiger partial charge >= 0.3 is 0 Å². The fourth-order valence-electron chi connectivity index (χ4n) is 1.74. The van der Waals surface area contributed by atoms with Crippen LogP contribution in [0.3, 0.4) is 0 Å². The molecule has 0 aromatic heterocycles. The second kappa shape index (κ2) is 6.73. The van der Waals surface area contributed by atoms with Gasteiger partial charge < -0.3 is 15.8 Å². The van der Waals surface area contributed by atoms with Gasteiger partial charge in [0.15, 0.2) is 0 Å². The lowest BCUT2D eigenvalue weighted by atomic mass is 10.2. The van der Waals surface area contributed by atoms with Crippen LogP contribution in [-0.2, 0) is 0 Å². The van der Waals surface area contributed by atoms with Crippen LogP contribution >= 0.6 is 23.2 Å². The zero-order chi connectivity index (χ0) is 14.5. The Labute approximate surface area is 128 Å². The molecule has 3 nitrogen and oxygen atoms in total. The summed E-state index contributed by atoms with van der Waals surface area (Å²) in [5, 5.41) is 4.23. The molecule has 0 fully saturated rings. The van der Waals surface area contributed by atoms with E-state index in [-0.39, 0.29) is 0 Å². The van der Waals surface area contributed by atoms with Gasteiger partial charge in [-0.2, -0.15) is 0 Å². The number of para-hydroxylation sites is 2. The number of anilines is 3. The van der Waals surface area contributed by atoms with Gasteiger partial charge in [0, 0.05) is 0 Å². The molecule has 0 aliphatic carbocycles. The Morgan fingerprint density at radius 3 is 2.40 bits per heavy atom. The maximum Gasteiger partial charge on any atom is 0.144 e. The van der Waals surface area contributed by atoms with Gasteiger partial charge in [0.05, 0.1) is 33.7 Å². The van der Waals surface area contributed by atoms with E-state index in [1.807, 2.05) is 25.1 Å².